The molecule has 1 aliphatic rings. The fourth-order valence-electron chi connectivity index (χ4n) is 2.01. The van der Waals surface area contributed by atoms with Crippen molar-refractivity contribution in [2.45, 2.75) is 19.3 Å². The summed E-state index contributed by atoms with van der Waals surface area (Å²) in [7, 11) is 0. The van der Waals surface area contributed by atoms with E-state index in [0.717, 1.165) is 12.8 Å². The van der Waals surface area contributed by atoms with E-state index in [4.69, 9.17) is 0 Å². The van der Waals surface area contributed by atoms with Crippen molar-refractivity contribution in [3.8, 4) is 5.75 Å². The molecule has 0 aromatic heterocycles. The number of rotatable bonds is 3. The summed E-state index contributed by atoms with van der Waals surface area (Å²) in [6, 6.07) is 6.16. The molecule has 2 amide bonds. The summed E-state index contributed by atoms with van der Waals surface area (Å²) in [4.78, 5) is 23.3. The number of phenolic OH excluding ortho intramolecular Hbond substituents is 1. The maximum Gasteiger partial charge on any atom is 0.273 e. The van der Waals surface area contributed by atoms with Crippen LogP contribution in [-0.2, 0) is 4.79 Å². The number of phenols is 1. The van der Waals surface area contributed by atoms with Gasteiger partial charge in [0.25, 0.3) is 5.91 Å². The third kappa shape index (κ3) is 3.58. The van der Waals surface area contributed by atoms with E-state index in [9.17, 15) is 14.7 Å². The van der Waals surface area contributed by atoms with Gasteiger partial charge in [-0.15, -0.1) is 0 Å². The van der Waals surface area contributed by atoms with Crippen LogP contribution in [0.3, 0.4) is 0 Å². The molecular weight excluding hydrogens is 244 g/mol. The summed E-state index contributed by atoms with van der Waals surface area (Å²) in [6.07, 6.45) is 6.41. The molecule has 0 saturated heterocycles. The average molecular weight is 260 g/mol. The van der Waals surface area contributed by atoms with Crippen LogP contribution in [0.1, 0.15) is 29.6 Å². The van der Waals surface area contributed by atoms with E-state index in [0.29, 0.717) is 6.42 Å². The smallest absolute Gasteiger partial charge is 0.273 e. The number of para-hydroxylation sites is 1. The predicted molar refractivity (Wildman–Crippen MR) is 70.2 cm³/mol. The van der Waals surface area contributed by atoms with Gasteiger partial charge in [-0.3, -0.25) is 20.4 Å². The minimum atomic E-state index is -0.534. The van der Waals surface area contributed by atoms with Crippen LogP contribution in [0.15, 0.2) is 36.4 Å². The molecule has 0 spiro atoms. The lowest BCUT2D eigenvalue weighted by atomic mass is 10.1. The van der Waals surface area contributed by atoms with Gasteiger partial charge in [0.05, 0.1) is 5.56 Å². The fourth-order valence-corrected chi connectivity index (χ4v) is 2.01. The zero-order valence-corrected chi connectivity index (χ0v) is 10.4. The monoisotopic (exact) mass is 260 g/mol. The first-order chi connectivity index (χ1) is 9.16. The highest BCUT2D eigenvalue weighted by Crippen LogP contribution is 2.20. The molecule has 1 aromatic rings. The van der Waals surface area contributed by atoms with Crippen LogP contribution >= 0.6 is 0 Å². The van der Waals surface area contributed by atoms with E-state index in [1.165, 1.54) is 12.1 Å². The number of benzene rings is 1. The van der Waals surface area contributed by atoms with Gasteiger partial charge in [0.2, 0.25) is 5.91 Å². The second kappa shape index (κ2) is 6.04. The zero-order valence-electron chi connectivity index (χ0n) is 10.4. The Morgan fingerprint density at radius 1 is 1.26 bits per heavy atom. The first kappa shape index (κ1) is 13.1. The van der Waals surface area contributed by atoms with Crippen molar-refractivity contribution in [1.29, 1.82) is 0 Å². The van der Waals surface area contributed by atoms with Gasteiger partial charge in [0, 0.05) is 6.42 Å². The average Bonchev–Trinajstić information content (AvgIpc) is 2.89. The summed E-state index contributed by atoms with van der Waals surface area (Å²) >= 11 is 0. The van der Waals surface area contributed by atoms with Crippen molar-refractivity contribution in [3.63, 3.8) is 0 Å². The topological polar surface area (TPSA) is 78.4 Å². The fraction of sp³-hybridized carbons (Fsp3) is 0.286. The Morgan fingerprint density at radius 2 is 2.05 bits per heavy atom. The molecule has 3 N–H and O–H groups in total. The molecular formula is C14H16N2O3. The summed E-state index contributed by atoms with van der Waals surface area (Å²) in [5, 5.41) is 9.49. The summed E-state index contributed by atoms with van der Waals surface area (Å²) in [6.45, 7) is 0. The number of carbonyl (C=O) groups excluding carboxylic acids is 2. The van der Waals surface area contributed by atoms with Crippen molar-refractivity contribution >= 4 is 11.8 Å². The lowest BCUT2D eigenvalue weighted by Crippen LogP contribution is -2.42. The Labute approximate surface area is 111 Å². The van der Waals surface area contributed by atoms with Gasteiger partial charge in [0.15, 0.2) is 0 Å². The predicted octanol–water partition coefficient (Wildman–Crippen LogP) is 1.51. The van der Waals surface area contributed by atoms with Crippen LogP contribution < -0.4 is 10.9 Å². The molecule has 5 heteroatoms. The van der Waals surface area contributed by atoms with E-state index < -0.39 is 5.91 Å². The molecule has 19 heavy (non-hydrogen) atoms. The molecule has 0 radical (unpaired) electrons. The lowest BCUT2D eigenvalue weighted by Gasteiger charge is -2.10. The van der Waals surface area contributed by atoms with Crippen LogP contribution in [0.25, 0.3) is 0 Å². The van der Waals surface area contributed by atoms with Gasteiger partial charge in [-0.2, -0.15) is 0 Å². The number of hydrazine groups is 1. The van der Waals surface area contributed by atoms with Gasteiger partial charge in [-0.05, 0) is 30.9 Å². The minimum Gasteiger partial charge on any atom is -0.507 e. The van der Waals surface area contributed by atoms with Crippen molar-refractivity contribution < 1.29 is 14.7 Å². The molecule has 2 rings (SSSR count). The molecule has 1 atom stereocenters. The SMILES string of the molecule is O=C(C[C@@H]1C=CCC1)NNC(=O)c1ccccc1O. The molecule has 0 saturated carbocycles. The van der Waals surface area contributed by atoms with E-state index >= 15 is 0 Å². The maximum absolute atomic E-state index is 11.7. The van der Waals surface area contributed by atoms with E-state index in [-0.39, 0.29) is 23.1 Å². The number of allylic oxidation sites excluding steroid dienone is 2. The Balaban J connectivity index is 1.81. The van der Waals surface area contributed by atoms with Gasteiger partial charge in [-0.25, -0.2) is 0 Å². The molecule has 0 unspecified atom stereocenters. The van der Waals surface area contributed by atoms with E-state index in [1.807, 2.05) is 6.08 Å². The third-order valence-electron chi connectivity index (χ3n) is 3.02. The highest BCUT2D eigenvalue weighted by atomic mass is 16.3. The third-order valence-corrected chi connectivity index (χ3v) is 3.02. The molecule has 0 bridgehead atoms. The van der Waals surface area contributed by atoms with Crippen molar-refractivity contribution in [1.82, 2.24) is 10.9 Å². The van der Waals surface area contributed by atoms with Gasteiger partial charge in [0.1, 0.15) is 5.75 Å². The number of aromatic hydroxyl groups is 1. The molecule has 0 heterocycles. The Bertz CT molecular complexity index is 511. The quantitative estimate of drug-likeness (QED) is 0.569. The van der Waals surface area contributed by atoms with Crippen molar-refractivity contribution in [2.75, 3.05) is 0 Å². The standard InChI is InChI=1S/C14H16N2O3/c17-12-8-4-3-7-11(12)14(19)16-15-13(18)9-10-5-1-2-6-10/h1,3-5,7-8,10,17H,2,6,9H2,(H,15,18)(H,16,19)/t10-/m1/s1. The molecule has 100 valence electrons. The second-order valence-electron chi connectivity index (χ2n) is 4.49. The van der Waals surface area contributed by atoms with Gasteiger partial charge >= 0.3 is 0 Å². The second-order valence-corrected chi connectivity index (χ2v) is 4.49. The van der Waals surface area contributed by atoms with E-state index in [1.54, 1.807) is 12.1 Å². The van der Waals surface area contributed by atoms with Crippen LogP contribution in [0.2, 0.25) is 0 Å². The molecule has 0 fully saturated rings. The van der Waals surface area contributed by atoms with E-state index in [2.05, 4.69) is 16.9 Å². The highest BCUT2D eigenvalue weighted by molar-refractivity contribution is 5.97. The van der Waals surface area contributed by atoms with Crippen LogP contribution in [-0.4, -0.2) is 16.9 Å². The van der Waals surface area contributed by atoms with Crippen molar-refractivity contribution in [3.05, 3.63) is 42.0 Å². The maximum atomic E-state index is 11.7. The minimum absolute atomic E-state index is 0.118. The lowest BCUT2D eigenvalue weighted by molar-refractivity contribution is -0.122. The molecule has 1 aromatic carbocycles. The molecule has 5 nitrogen and oxygen atoms in total. The first-order valence-electron chi connectivity index (χ1n) is 6.20. The van der Waals surface area contributed by atoms with Crippen LogP contribution in [0.5, 0.6) is 5.75 Å². The highest BCUT2D eigenvalue weighted by Gasteiger charge is 2.15. The first-order valence-corrected chi connectivity index (χ1v) is 6.20. The number of amides is 2. The molecule has 1 aliphatic carbocycles. The molecule has 0 aliphatic heterocycles. The van der Waals surface area contributed by atoms with Crippen LogP contribution in [0.4, 0.5) is 0 Å². The largest absolute Gasteiger partial charge is 0.507 e. The zero-order chi connectivity index (χ0) is 13.7. The Morgan fingerprint density at radius 3 is 2.74 bits per heavy atom. The normalized spacial score (nSPS) is 17.2. The van der Waals surface area contributed by atoms with Gasteiger partial charge in [-0.1, -0.05) is 24.3 Å². The summed E-state index contributed by atoms with van der Waals surface area (Å²) in [5.41, 5.74) is 4.77. The Hall–Kier alpha value is -2.30. The number of carbonyl (C=O) groups is 2. The number of nitrogens with one attached hydrogen (secondary N) is 2. The Kier molecular flexibility index (Phi) is 4.18. The summed E-state index contributed by atoms with van der Waals surface area (Å²) < 4.78 is 0. The van der Waals surface area contributed by atoms with Gasteiger partial charge < -0.3 is 5.11 Å². The number of hydrogen-bond donors (Lipinski definition) is 3. The number of hydrogen-bond acceptors (Lipinski definition) is 3. The summed E-state index contributed by atoms with van der Waals surface area (Å²) in [5.74, 6) is -0.635. The van der Waals surface area contributed by atoms with Crippen LogP contribution in [0, 0.1) is 5.92 Å². The van der Waals surface area contributed by atoms with Crippen molar-refractivity contribution in [2.24, 2.45) is 5.92 Å².